The summed E-state index contributed by atoms with van der Waals surface area (Å²) < 4.78 is 30.2. The Morgan fingerprint density at radius 2 is 1.93 bits per heavy atom. The average molecular weight is 590 g/mol. The average Bonchev–Trinajstić information content (AvgIpc) is 3.60. The lowest BCUT2D eigenvalue weighted by molar-refractivity contribution is -0.146. The number of nitrogens with zero attached hydrogens (tertiary/aromatic N) is 5. The van der Waals surface area contributed by atoms with Crippen LogP contribution in [-0.4, -0.2) is 41.7 Å². The lowest BCUT2D eigenvalue weighted by atomic mass is 9.85. The van der Waals surface area contributed by atoms with Crippen molar-refractivity contribution in [3.8, 4) is 11.5 Å². The maximum absolute atomic E-state index is 14.4. The number of hydrogen-bond donors (Lipinski definition) is 3. The topological polar surface area (TPSA) is 149 Å². The van der Waals surface area contributed by atoms with E-state index in [-0.39, 0.29) is 36.1 Å². The van der Waals surface area contributed by atoms with Gasteiger partial charge in [-0.2, -0.15) is 5.10 Å². The number of fused-ring (bicyclic) bond motifs is 2. The first-order chi connectivity index (χ1) is 19.9. The van der Waals surface area contributed by atoms with Gasteiger partial charge in [-0.25, -0.2) is 23.7 Å². The third-order valence-electron chi connectivity index (χ3n) is 7.51. The Bertz CT molecular complexity index is 1920. The Morgan fingerprint density at radius 3 is 2.67 bits per heavy atom. The minimum atomic E-state index is -1.32. The zero-order valence-corrected chi connectivity index (χ0v) is 23.6. The Labute approximate surface area is 242 Å². The highest BCUT2D eigenvalue weighted by molar-refractivity contribution is 7.10. The van der Waals surface area contributed by atoms with E-state index >= 15 is 0 Å². The van der Waals surface area contributed by atoms with Gasteiger partial charge in [0.05, 0.1) is 28.7 Å². The van der Waals surface area contributed by atoms with Gasteiger partial charge in [0, 0.05) is 22.8 Å². The number of aromatic nitrogens is 5. The maximum Gasteiger partial charge on any atom is 0.309 e. The minimum Gasteiger partial charge on any atom is -0.481 e. The molecule has 0 spiro atoms. The molecule has 3 aromatic heterocycles. The van der Waals surface area contributed by atoms with Crippen molar-refractivity contribution < 1.29 is 23.5 Å². The van der Waals surface area contributed by atoms with Crippen molar-refractivity contribution in [1.29, 1.82) is 0 Å². The molecule has 0 aliphatic carbocycles. The third-order valence-corrected chi connectivity index (χ3v) is 8.62. The number of halogens is 2. The van der Waals surface area contributed by atoms with Crippen LogP contribution in [0.1, 0.15) is 42.6 Å². The molecule has 2 aromatic carbocycles. The fourth-order valence-corrected chi connectivity index (χ4v) is 6.07. The molecular weight excluding hydrogens is 564 g/mol. The van der Waals surface area contributed by atoms with Crippen LogP contribution < -0.4 is 11.1 Å². The van der Waals surface area contributed by atoms with E-state index in [1.165, 1.54) is 40.3 Å². The highest BCUT2D eigenvalue weighted by Gasteiger charge is 2.50. The van der Waals surface area contributed by atoms with Crippen LogP contribution in [-0.2, 0) is 28.0 Å². The SMILES string of the molecule is CC(C)(Cc1csc([C@]2(C)C(=O)Nc3nc(-c4nn(Cc5ccccc5F)c5cc(F)ccc45)nc(N)c32)n1)C(=O)O. The molecule has 13 heteroatoms. The van der Waals surface area contributed by atoms with Crippen LogP contribution in [0.25, 0.3) is 22.4 Å². The second-order valence-corrected chi connectivity index (χ2v) is 11.9. The number of nitrogens with two attached hydrogens (primary N) is 1. The molecule has 1 atom stereocenters. The third kappa shape index (κ3) is 4.36. The molecular formula is C29H25F2N7O3S. The number of anilines is 2. The first kappa shape index (κ1) is 27.4. The van der Waals surface area contributed by atoms with Gasteiger partial charge in [0.1, 0.15) is 39.4 Å². The summed E-state index contributed by atoms with van der Waals surface area (Å²) >= 11 is 1.23. The number of rotatable bonds is 7. The molecule has 0 fully saturated rings. The number of carbonyl (C=O) groups excluding carboxylic acids is 1. The summed E-state index contributed by atoms with van der Waals surface area (Å²) in [6.07, 6.45) is 0.178. The summed E-state index contributed by atoms with van der Waals surface area (Å²) in [5.74, 6) is -1.96. The number of aliphatic carboxylic acids is 1. The summed E-state index contributed by atoms with van der Waals surface area (Å²) in [7, 11) is 0. The van der Waals surface area contributed by atoms with Crippen LogP contribution in [0.15, 0.2) is 47.8 Å². The van der Waals surface area contributed by atoms with Gasteiger partial charge in [-0.1, -0.05) is 18.2 Å². The first-order valence-electron chi connectivity index (χ1n) is 13.0. The highest BCUT2D eigenvalue weighted by atomic mass is 32.1. The van der Waals surface area contributed by atoms with Crippen molar-refractivity contribution in [1.82, 2.24) is 24.7 Å². The first-order valence-corrected chi connectivity index (χ1v) is 13.8. The Morgan fingerprint density at radius 1 is 1.17 bits per heavy atom. The lowest BCUT2D eigenvalue weighted by Crippen LogP contribution is -2.33. The van der Waals surface area contributed by atoms with E-state index in [0.29, 0.717) is 32.7 Å². The molecule has 6 rings (SSSR count). The van der Waals surface area contributed by atoms with Crippen molar-refractivity contribution in [3.05, 3.63) is 81.3 Å². The van der Waals surface area contributed by atoms with Crippen LogP contribution >= 0.6 is 11.3 Å². The van der Waals surface area contributed by atoms with Crippen LogP contribution in [0, 0.1) is 17.0 Å². The number of hydrogen-bond acceptors (Lipinski definition) is 8. The van der Waals surface area contributed by atoms with Crippen LogP contribution in [0.5, 0.6) is 0 Å². The van der Waals surface area contributed by atoms with Gasteiger partial charge in [-0.05, 0) is 45.0 Å². The summed E-state index contributed by atoms with van der Waals surface area (Å²) in [5.41, 5.74) is 6.05. The number of thiazole rings is 1. The summed E-state index contributed by atoms with van der Waals surface area (Å²) in [6, 6.07) is 10.4. The zero-order chi connectivity index (χ0) is 30.0. The molecule has 0 unspecified atom stereocenters. The number of carbonyl (C=O) groups is 2. The number of nitrogens with one attached hydrogen (secondary N) is 1. The van der Waals surface area contributed by atoms with Gasteiger partial charge in [0.25, 0.3) is 0 Å². The molecule has 5 aromatic rings. The van der Waals surface area contributed by atoms with Crippen LogP contribution in [0.2, 0.25) is 0 Å². The predicted octanol–water partition coefficient (Wildman–Crippen LogP) is 4.77. The van der Waals surface area contributed by atoms with Gasteiger partial charge in [0.15, 0.2) is 5.82 Å². The molecule has 4 heterocycles. The molecule has 0 radical (unpaired) electrons. The van der Waals surface area contributed by atoms with Gasteiger partial charge in [-0.3, -0.25) is 14.3 Å². The van der Waals surface area contributed by atoms with Crippen molar-refractivity contribution >= 4 is 45.8 Å². The fraction of sp³-hybridized carbons (Fsp3) is 0.241. The van der Waals surface area contributed by atoms with Gasteiger partial charge in [-0.15, -0.1) is 11.3 Å². The van der Waals surface area contributed by atoms with Gasteiger partial charge >= 0.3 is 5.97 Å². The van der Waals surface area contributed by atoms with Crippen LogP contribution in [0.4, 0.5) is 20.4 Å². The largest absolute Gasteiger partial charge is 0.481 e. The normalized spacial score (nSPS) is 16.5. The molecule has 10 nitrogen and oxygen atoms in total. The number of carboxylic acids is 1. The standard InChI is InChI=1S/C29H25F2N7O3S/c1-28(2,27(40)41)11-16-13-42-26(33-16)29(3)20-22(32)34-24(35-23(20)36-25(29)39)21-17-9-8-15(30)10-19(17)38(37-21)12-14-6-4-5-7-18(14)31/h4-10,13H,11-12H2,1-3H3,(H,40,41)(H3,32,34,35,36,39)/t29-/m0/s1. The van der Waals surface area contributed by atoms with E-state index in [9.17, 15) is 23.5 Å². The number of amides is 1. The highest BCUT2D eigenvalue weighted by Crippen LogP contribution is 2.46. The Hall–Kier alpha value is -4.78. The molecule has 0 saturated heterocycles. The summed E-state index contributed by atoms with van der Waals surface area (Å²) in [4.78, 5) is 38.7. The Kier molecular flexibility index (Phi) is 6.30. The zero-order valence-electron chi connectivity index (χ0n) is 22.8. The molecule has 4 N–H and O–H groups in total. The van der Waals surface area contributed by atoms with E-state index in [1.54, 1.807) is 44.4 Å². The van der Waals surface area contributed by atoms with E-state index in [0.717, 1.165) is 0 Å². The molecule has 0 bridgehead atoms. The van der Waals surface area contributed by atoms with Gasteiger partial charge in [0.2, 0.25) is 5.91 Å². The molecule has 42 heavy (non-hydrogen) atoms. The fourth-order valence-electron chi connectivity index (χ4n) is 5.08. The van der Waals surface area contributed by atoms with Crippen LogP contribution in [0.3, 0.4) is 0 Å². The smallest absolute Gasteiger partial charge is 0.309 e. The van der Waals surface area contributed by atoms with Crippen molar-refractivity contribution in [2.24, 2.45) is 5.41 Å². The quantitative estimate of drug-likeness (QED) is 0.246. The second kappa shape index (κ2) is 9.65. The molecule has 214 valence electrons. The monoisotopic (exact) mass is 589 g/mol. The minimum absolute atomic E-state index is 0.0254. The molecule has 1 aliphatic heterocycles. The molecule has 1 amide bonds. The number of benzene rings is 2. The molecule has 1 aliphatic rings. The lowest BCUT2D eigenvalue weighted by Gasteiger charge is -2.20. The van der Waals surface area contributed by atoms with E-state index in [1.807, 2.05) is 0 Å². The van der Waals surface area contributed by atoms with E-state index < -0.39 is 34.3 Å². The Balaban J connectivity index is 1.42. The maximum atomic E-state index is 14.4. The van der Waals surface area contributed by atoms with Crippen molar-refractivity contribution in [3.63, 3.8) is 0 Å². The van der Waals surface area contributed by atoms with Crippen molar-refractivity contribution in [2.45, 2.75) is 39.2 Å². The number of carboxylic acid groups (broad SMARTS) is 1. The number of nitrogen functional groups attached to an aromatic ring is 1. The summed E-state index contributed by atoms with van der Waals surface area (Å²) in [5, 5.41) is 19.6. The van der Waals surface area contributed by atoms with E-state index in [2.05, 4.69) is 25.4 Å². The van der Waals surface area contributed by atoms with Gasteiger partial charge < -0.3 is 16.2 Å². The van der Waals surface area contributed by atoms with E-state index in [4.69, 9.17) is 5.73 Å². The summed E-state index contributed by atoms with van der Waals surface area (Å²) in [6.45, 7) is 4.92. The predicted molar refractivity (Wildman–Crippen MR) is 153 cm³/mol. The molecule has 0 saturated carbocycles. The second-order valence-electron chi connectivity index (χ2n) is 11.0. The van der Waals surface area contributed by atoms with Crippen molar-refractivity contribution in [2.75, 3.05) is 11.1 Å².